The van der Waals surface area contributed by atoms with Crippen LogP contribution in [0.2, 0.25) is 0 Å². The van der Waals surface area contributed by atoms with Gasteiger partial charge in [0.1, 0.15) is 0 Å². The molecule has 0 radical (unpaired) electrons. The molecule has 0 saturated heterocycles. The van der Waals surface area contributed by atoms with Gasteiger partial charge in [0.2, 0.25) is 0 Å². The van der Waals surface area contributed by atoms with Crippen LogP contribution in [-0.4, -0.2) is 25.8 Å². The highest BCUT2D eigenvalue weighted by Gasteiger charge is 2.22. The summed E-state index contributed by atoms with van der Waals surface area (Å²) in [5.41, 5.74) is 2.84. The average molecular weight is 341 g/mol. The van der Waals surface area contributed by atoms with E-state index in [2.05, 4.69) is 10.2 Å². The van der Waals surface area contributed by atoms with Gasteiger partial charge in [-0.15, -0.1) is 10.2 Å². The zero-order valence-electron chi connectivity index (χ0n) is 14.1. The minimum absolute atomic E-state index is 0.101. The molecule has 1 aromatic carbocycles. The van der Waals surface area contributed by atoms with Crippen LogP contribution in [-0.2, 0) is 7.05 Å². The molecule has 6 heteroatoms. The van der Waals surface area contributed by atoms with E-state index in [4.69, 9.17) is 4.42 Å². The van der Waals surface area contributed by atoms with Crippen LogP contribution in [0.5, 0.6) is 0 Å². The van der Waals surface area contributed by atoms with Crippen LogP contribution < -0.4 is 0 Å². The molecule has 2 aromatic heterocycles. The van der Waals surface area contributed by atoms with Crippen LogP contribution in [0.4, 0.5) is 0 Å². The first-order valence-electron chi connectivity index (χ1n) is 7.68. The summed E-state index contributed by atoms with van der Waals surface area (Å²) < 4.78 is 7.21. The number of aryl methyl sites for hydroxylation is 2. The van der Waals surface area contributed by atoms with Crippen LogP contribution in [0.3, 0.4) is 0 Å². The summed E-state index contributed by atoms with van der Waals surface area (Å²) >= 11 is 1.40. The number of nitrogens with zero attached hydrogens (tertiary/aromatic N) is 3. The van der Waals surface area contributed by atoms with E-state index in [1.165, 1.54) is 11.8 Å². The number of carbonyl (C=O) groups is 1. The van der Waals surface area contributed by atoms with Crippen molar-refractivity contribution in [2.24, 2.45) is 7.05 Å². The largest absolute Gasteiger partial charge is 0.461 e. The van der Waals surface area contributed by atoms with Crippen LogP contribution >= 0.6 is 11.8 Å². The standard InChI is InChI=1S/C18H19N3O2S/c1-11-7-8-12(2)14(10-11)16(22)13(3)24-18-20-19-17(21(18)4)15-6-5-9-23-15/h5-10,13H,1-4H3/t13-/m0/s1. The number of aromatic nitrogens is 3. The van der Waals surface area contributed by atoms with Gasteiger partial charge in [0.25, 0.3) is 0 Å². The lowest BCUT2D eigenvalue weighted by Gasteiger charge is -2.12. The number of hydrogen-bond donors (Lipinski definition) is 0. The molecule has 0 aliphatic heterocycles. The zero-order valence-corrected chi connectivity index (χ0v) is 14.9. The molecule has 0 unspecified atom stereocenters. The zero-order chi connectivity index (χ0) is 17.3. The Morgan fingerprint density at radius 1 is 1.25 bits per heavy atom. The van der Waals surface area contributed by atoms with Crippen molar-refractivity contribution in [3.63, 3.8) is 0 Å². The number of carbonyl (C=O) groups excluding carboxylic acids is 1. The molecule has 5 nitrogen and oxygen atoms in total. The molecule has 3 aromatic rings. The smallest absolute Gasteiger partial charge is 0.200 e. The predicted octanol–water partition coefficient (Wildman–Crippen LogP) is 4.06. The van der Waals surface area contributed by atoms with Crippen molar-refractivity contribution < 1.29 is 9.21 Å². The molecule has 0 saturated carbocycles. The molecule has 0 bridgehead atoms. The second kappa shape index (κ2) is 6.65. The molecule has 2 heterocycles. The number of benzene rings is 1. The van der Waals surface area contributed by atoms with Crippen molar-refractivity contribution >= 4 is 17.5 Å². The fourth-order valence-corrected chi connectivity index (χ4v) is 3.35. The van der Waals surface area contributed by atoms with Gasteiger partial charge in [-0.25, -0.2) is 0 Å². The minimum Gasteiger partial charge on any atom is -0.461 e. The van der Waals surface area contributed by atoms with Gasteiger partial charge in [-0.05, 0) is 44.5 Å². The summed E-state index contributed by atoms with van der Waals surface area (Å²) in [5, 5.41) is 8.79. The van der Waals surface area contributed by atoms with E-state index >= 15 is 0 Å². The second-order valence-corrected chi connectivity index (χ2v) is 7.09. The lowest BCUT2D eigenvalue weighted by molar-refractivity contribution is 0.0993. The molecule has 0 spiro atoms. The third-order valence-electron chi connectivity index (χ3n) is 3.89. The van der Waals surface area contributed by atoms with E-state index in [-0.39, 0.29) is 11.0 Å². The van der Waals surface area contributed by atoms with E-state index in [1.54, 1.807) is 6.26 Å². The van der Waals surface area contributed by atoms with Gasteiger partial charge in [-0.3, -0.25) is 4.79 Å². The predicted molar refractivity (Wildman–Crippen MR) is 94.3 cm³/mol. The number of furan rings is 1. The first kappa shape index (κ1) is 16.5. The Morgan fingerprint density at radius 2 is 2.04 bits per heavy atom. The molecule has 0 aliphatic rings. The van der Waals surface area contributed by atoms with Crippen LogP contribution in [0.15, 0.2) is 46.2 Å². The summed E-state index contributed by atoms with van der Waals surface area (Å²) in [7, 11) is 1.87. The average Bonchev–Trinajstić information content (AvgIpc) is 3.20. The molecule has 0 N–H and O–H groups in total. The Bertz CT molecular complexity index is 869. The minimum atomic E-state index is -0.252. The molecule has 0 aliphatic carbocycles. The maximum Gasteiger partial charge on any atom is 0.200 e. The summed E-state index contributed by atoms with van der Waals surface area (Å²) in [6, 6.07) is 9.59. The lowest BCUT2D eigenvalue weighted by atomic mass is 10.0. The maximum atomic E-state index is 12.8. The third-order valence-corrected chi connectivity index (χ3v) is 5.02. The van der Waals surface area contributed by atoms with E-state index in [9.17, 15) is 4.79 Å². The fourth-order valence-electron chi connectivity index (χ4n) is 2.47. The quantitative estimate of drug-likeness (QED) is 0.517. The highest BCUT2D eigenvalue weighted by Crippen LogP contribution is 2.28. The SMILES string of the molecule is Cc1ccc(C)c(C(=O)[C@H](C)Sc2nnc(-c3ccco3)n2C)c1. The normalized spacial score (nSPS) is 12.3. The van der Waals surface area contributed by atoms with Crippen molar-refractivity contribution in [1.82, 2.24) is 14.8 Å². The Kier molecular flexibility index (Phi) is 4.57. The monoisotopic (exact) mass is 341 g/mol. The van der Waals surface area contributed by atoms with Crippen LogP contribution in [0, 0.1) is 13.8 Å². The summed E-state index contributed by atoms with van der Waals surface area (Å²) in [6.45, 7) is 5.85. The first-order valence-corrected chi connectivity index (χ1v) is 8.56. The van der Waals surface area contributed by atoms with Gasteiger partial charge in [0.15, 0.2) is 22.5 Å². The molecule has 24 heavy (non-hydrogen) atoms. The van der Waals surface area contributed by atoms with E-state index in [0.717, 1.165) is 16.7 Å². The van der Waals surface area contributed by atoms with Crippen molar-refractivity contribution in [3.05, 3.63) is 53.3 Å². The van der Waals surface area contributed by atoms with Crippen LogP contribution in [0.1, 0.15) is 28.4 Å². The number of hydrogen-bond acceptors (Lipinski definition) is 5. The van der Waals surface area contributed by atoms with E-state index in [1.807, 2.05) is 62.7 Å². The topological polar surface area (TPSA) is 60.9 Å². The van der Waals surface area contributed by atoms with Crippen molar-refractivity contribution in [2.45, 2.75) is 31.2 Å². The Balaban J connectivity index is 1.81. The third kappa shape index (κ3) is 3.14. The van der Waals surface area contributed by atoms with Crippen molar-refractivity contribution in [2.75, 3.05) is 0 Å². The second-order valence-electron chi connectivity index (χ2n) is 5.79. The highest BCUT2D eigenvalue weighted by molar-refractivity contribution is 8.00. The number of ketones is 1. The van der Waals surface area contributed by atoms with Crippen LogP contribution in [0.25, 0.3) is 11.6 Å². The molecule has 0 fully saturated rings. The Morgan fingerprint density at radius 3 is 2.75 bits per heavy atom. The molecule has 0 amide bonds. The summed E-state index contributed by atoms with van der Waals surface area (Å²) in [5.74, 6) is 1.41. The van der Waals surface area contributed by atoms with Gasteiger partial charge < -0.3 is 8.98 Å². The van der Waals surface area contributed by atoms with Gasteiger partial charge >= 0.3 is 0 Å². The molecule has 1 atom stereocenters. The molecular weight excluding hydrogens is 322 g/mol. The van der Waals surface area contributed by atoms with Gasteiger partial charge in [-0.1, -0.05) is 29.5 Å². The lowest BCUT2D eigenvalue weighted by Crippen LogP contribution is -2.16. The maximum absolute atomic E-state index is 12.8. The molecular formula is C18H19N3O2S. The van der Waals surface area contributed by atoms with Gasteiger partial charge in [-0.2, -0.15) is 0 Å². The molecule has 3 rings (SSSR count). The number of rotatable bonds is 5. The summed E-state index contributed by atoms with van der Waals surface area (Å²) in [6.07, 6.45) is 1.60. The molecule has 124 valence electrons. The Labute approximate surface area is 145 Å². The number of Topliss-reactive ketones (excluding diaryl/α,β-unsaturated/α-hetero) is 1. The van der Waals surface area contributed by atoms with Gasteiger partial charge in [0.05, 0.1) is 11.5 Å². The van der Waals surface area contributed by atoms with E-state index < -0.39 is 0 Å². The number of thioether (sulfide) groups is 1. The Hall–Kier alpha value is -2.34. The van der Waals surface area contributed by atoms with E-state index in [0.29, 0.717) is 16.7 Å². The highest BCUT2D eigenvalue weighted by atomic mass is 32.2. The first-order chi connectivity index (χ1) is 11.5. The van der Waals surface area contributed by atoms with Crippen molar-refractivity contribution in [3.8, 4) is 11.6 Å². The fraction of sp³-hybridized carbons (Fsp3) is 0.278. The summed E-state index contributed by atoms with van der Waals surface area (Å²) in [4.78, 5) is 12.8. The van der Waals surface area contributed by atoms with Gasteiger partial charge in [0, 0.05) is 12.6 Å². The van der Waals surface area contributed by atoms with Crippen molar-refractivity contribution in [1.29, 1.82) is 0 Å².